The van der Waals surface area contributed by atoms with Crippen molar-refractivity contribution in [2.45, 2.75) is 38.7 Å². The predicted octanol–water partition coefficient (Wildman–Crippen LogP) is 2.26. The Morgan fingerprint density at radius 1 is 1.50 bits per heavy atom. The average molecular weight is 287 g/mol. The molecule has 1 aromatic heterocycles. The van der Waals surface area contributed by atoms with E-state index < -0.39 is 5.60 Å². The molecular weight excluding hydrogens is 272 g/mol. The number of ether oxygens (including phenoxy) is 1. The Morgan fingerprint density at radius 3 is 2.81 bits per heavy atom. The third-order valence-corrected chi connectivity index (χ3v) is 3.93. The molecule has 1 fully saturated rings. The van der Waals surface area contributed by atoms with Crippen molar-refractivity contribution in [2.75, 3.05) is 6.61 Å². The van der Waals surface area contributed by atoms with Crippen LogP contribution in [-0.2, 0) is 10.3 Å². The topological polar surface area (TPSA) is 55.0 Å². The number of aromatic nitrogens is 2. The molecule has 1 unspecified atom stereocenters. The van der Waals surface area contributed by atoms with Gasteiger partial charge in [-0.2, -0.15) is 0 Å². The number of rotatable bonds is 1. The molecule has 0 saturated carbocycles. The number of halogens is 1. The lowest BCUT2D eigenvalue weighted by molar-refractivity contribution is -0.0763. The maximum Gasteiger partial charge on any atom is 0.265 e. The Kier molecular flexibility index (Phi) is 3.17. The van der Waals surface area contributed by atoms with Crippen LogP contribution in [0.3, 0.4) is 0 Å². The summed E-state index contributed by atoms with van der Waals surface area (Å²) in [6.45, 7) is 4.53. The quantitative estimate of drug-likeness (QED) is 0.862. The molecule has 4 nitrogen and oxygen atoms in total. The van der Waals surface area contributed by atoms with E-state index in [-0.39, 0.29) is 5.56 Å². The molecule has 0 spiro atoms. The van der Waals surface area contributed by atoms with Gasteiger partial charge in [-0.05, 0) is 49.0 Å². The minimum absolute atomic E-state index is 0.141. The predicted molar refractivity (Wildman–Crippen MR) is 64.4 cm³/mol. The van der Waals surface area contributed by atoms with Gasteiger partial charge in [-0.25, -0.2) is 4.98 Å². The first-order valence-corrected chi connectivity index (χ1v) is 6.23. The summed E-state index contributed by atoms with van der Waals surface area (Å²) in [6.07, 6.45) is 3.08. The van der Waals surface area contributed by atoms with Crippen LogP contribution in [0.2, 0.25) is 0 Å². The lowest BCUT2D eigenvalue weighted by Crippen LogP contribution is -2.34. The normalized spacial score (nSPS) is 25.7. The fourth-order valence-electron chi connectivity index (χ4n) is 1.94. The molecule has 88 valence electrons. The molecule has 1 aliphatic rings. The number of nitrogens with one attached hydrogen (secondary N) is 1. The summed E-state index contributed by atoms with van der Waals surface area (Å²) in [5.74, 6) is 0.637. The number of hydrogen-bond acceptors (Lipinski definition) is 3. The van der Waals surface area contributed by atoms with Crippen molar-refractivity contribution in [3.05, 3.63) is 26.3 Å². The highest BCUT2D eigenvalue weighted by atomic mass is 79.9. The molecule has 0 aromatic carbocycles. The van der Waals surface area contributed by atoms with Crippen LogP contribution in [0, 0.1) is 6.92 Å². The summed E-state index contributed by atoms with van der Waals surface area (Å²) in [7, 11) is 0. The number of hydrogen-bond donors (Lipinski definition) is 1. The molecule has 2 heterocycles. The Hall–Kier alpha value is -0.680. The highest BCUT2D eigenvalue weighted by Gasteiger charge is 2.32. The smallest absolute Gasteiger partial charge is 0.265 e. The van der Waals surface area contributed by atoms with Crippen molar-refractivity contribution < 1.29 is 4.74 Å². The molecule has 5 heteroatoms. The number of aryl methyl sites for hydroxylation is 1. The van der Waals surface area contributed by atoms with Gasteiger partial charge in [0.15, 0.2) is 0 Å². The van der Waals surface area contributed by atoms with Crippen LogP contribution in [0.25, 0.3) is 0 Å². The van der Waals surface area contributed by atoms with E-state index in [0.29, 0.717) is 16.0 Å². The van der Waals surface area contributed by atoms with Crippen molar-refractivity contribution in [3.8, 4) is 0 Å². The lowest BCUT2D eigenvalue weighted by Gasteiger charge is -2.32. The Morgan fingerprint density at radius 2 is 2.25 bits per heavy atom. The molecule has 1 N–H and O–H groups in total. The van der Waals surface area contributed by atoms with Crippen LogP contribution >= 0.6 is 15.9 Å². The van der Waals surface area contributed by atoms with E-state index in [1.807, 2.05) is 13.8 Å². The van der Waals surface area contributed by atoms with Gasteiger partial charge in [-0.3, -0.25) is 4.79 Å². The van der Waals surface area contributed by atoms with Gasteiger partial charge in [0.05, 0.1) is 5.69 Å². The van der Waals surface area contributed by atoms with Crippen LogP contribution in [0.1, 0.15) is 37.7 Å². The minimum Gasteiger partial charge on any atom is -0.367 e. The standard InChI is InChI=1S/C11H15BrN2O2/c1-7-8(12)9(15)14-10(13-7)11(2)5-3-4-6-16-11/h3-6H2,1-2H3,(H,13,14,15). The van der Waals surface area contributed by atoms with Crippen LogP contribution in [-0.4, -0.2) is 16.6 Å². The van der Waals surface area contributed by atoms with Crippen LogP contribution in [0.5, 0.6) is 0 Å². The number of nitrogens with zero attached hydrogens (tertiary/aromatic N) is 1. The molecule has 0 bridgehead atoms. The Bertz CT molecular complexity index is 450. The van der Waals surface area contributed by atoms with Gasteiger partial charge >= 0.3 is 0 Å². The van der Waals surface area contributed by atoms with Crippen molar-refractivity contribution >= 4 is 15.9 Å². The summed E-state index contributed by atoms with van der Waals surface area (Å²) in [5, 5.41) is 0. The fraction of sp³-hybridized carbons (Fsp3) is 0.636. The van der Waals surface area contributed by atoms with E-state index in [1.165, 1.54) is 0 Å². The van der Waals surface area contributed by atoms with E-state index in [9.17, 15) is 4.79 Å². The first-order valence-electron chi connectivity index (χ1n) is 5.44. The van der Waals surface area contributed by atoms with Crippen molar-refractivity contribution in [2.24, 2.45) is 0 Å². The third kappa shape index (κ3) is 2.06. The van der Waals surface area contributed by atoms with Gasteiger partial charge in [0.25, 0.3) is 5.56 Å². The van der Waals surface area contributed by atoms with E-state index in [4.69, 9.17) is 4.74 Å². The second-order valence-corrected chi connectivity index (χ2v) is 5.14. The Labute approximate surface area is 103 Å². The van der Waals surface area contributed by atoms with Crippen molar-refractivity contribution in [1.82, 2.24) is 9.97 Å². The van der Waals surface area contributed by atoms with Crippen LogP contribution < -0.4 is 5.56 Å². The van der Waals surface area contributed by atoms with Gasteiger partial charge in [0.2, 0.25) is 0 Å². The second kappa shape index (κ2) is 4.30. The molecule has 16 heavy (non-hydrogen) atoms. The first-order chi connectivity index (χ1) is 7.53. The van der Waals surface area contributed by atoms with E-state index >= 15 is 0 Å². The number of aromatic amines is 1. The molecule has 1 aliphatic heterocycles. The second-order valence-electron chi connectivity index (χ2n) is 4.35. The zero-order valence-electron chi connectivity index (χ0n) is 9.47. The van der Waals surface area contributed by atoms with Crippen LogP contribution in [0.4, 0.5) is 0 Å². The molecule has 0 aliphatic carbocycles. The highest BCUT2D eigenvalue weighted by molar-refractivity contribution is 9.10. The molecule has 0 radical (unpaired) electrons. The van der Waals surface area contributed by atoms with Crippen LogP contribution in [0.15, 0.2) is 9.27 Å². The van der Waals surface area contributed by atoms with Crippen molar-refractivity contribution in [1.29, 1.82) is 0 Å². The monoisotopic (exact) mass is 286 g/mol. The van der Waals surface area contributed by atoms with E-state index in [2.05, 4.69) is 25.9 Å². The first kappa shape index (κ1) is 11.8. The Balaban J connectivity index is 2.43. The average Bonchev–Trinajstić information content (AvgIpc) is 2.26. The summed E-state index contributed by atoms with van der Waals surface area (Å²) in [6, 6.07) is 0. The zero-order valence-corrected chi connectivity index (χ0v) is 11.1. The maximum absolute atomic E-state index is 11.6. The van der Waals surface area contributed by atoms with Gasteiger partial charge in [-0.1, -0.05) is 0 Å². The fourth-order valence-corrected chi connectivity index (χ4v) is 2.13. The third-order valence-electron chi connectivity index (χ3n) is 3.00. The summed E-state index contributed by atoms with van der Waals surface area (Å²) < 4.78 is 6.25. The molecule has 2 rings (SSSR count). The minimum atomic E-state index is -0.442. The molecule has 0 amide bonds. The van der Waals surface area contributed by atoms with Gasteiger partial charge in [0, 0.05) is 6.61 Å². The number of H-pyrrole nitrogens is 1. The molecule has 1 aromatic rings. The maximum atomic E-state index is 11.6. The summed E-state index contributed by atoms with van der Waals surface area (Å²) in [4.78, 5) is 18.8. The SMILES string of the molecule is Cc1nc(C2(C)CCCCO2)[nH]c(=O)c1Br. The summed E-state index contributed by atoms with van der Waals surface area (Å²) >= 11 is 3.21. The molecule has 1 atom stereocenters. The summed E-state index contributed by atoms with van der Waals surface area (Å²) in [5.41, 5.74) is 0.120. The van der Waals surface area contributed by atoms with Gasteiger partial charge in [-0.15, -0.1) is 0 Å². The van der Waals surface area contributed by atoms with E-state index in [0.717, 1.165) is 25.9 Å². The van der Waals surface area contributed by atoms with Gasteiger partial charge < -0.3 is 9.72 Å². The van der Waals surface area contributed by atoms with E-state index in [1.54, 1.807) is 0 Å². The largest absolute Gasteiger partial charge is 0.367 e. The molecule has 1 saturated heterocycles. The lowest BCUT2D eigenvalue weighted by atomic mass is 9.95. The van der Waals surface area contributed by atoms with Crippen molar-refractivity contribution in [3.63, 3.8) is 0 Å². The van der Waals surface area contributed by atoms with Gasteiger partial charge in [0.1, 0.15) is 15.9 Å². The zero-order chi connectivity index (χ0) is 11.8. The highest BCUT2D eigenvalue weighted by Crippen LogP contribution is 2.32. The molecular formula is C11H15BrN2O2.